The molecule has 1 heterocycles. The van der Waals surface area contributed by atoms with Crippen LogP contribution in [0.2, 0.25) is 5.02 Å². The number of alkyl halides is 3. The van der Waals surface area contributed by atoms with Crippen molar-refractivity contribution in [2.45, 2.75) is 69.8 Å². The summed E-state index contributed by atoms with van der Waals surface area (Å²) in [7, 11) is 0. The highest BCUT2D eigenvalue weighted by atomic mass is 35.5. The number of hydrogen-bond donors (Lipinski definition) is 2. The maximum Gasteiger partial charge on any atom is 0.407 e. The van der Waals surface area contributed by atoms with Crippen LogP contribution in [0.1, 0.15) is 57.7 Å². The molecule has 2 N–H and O–H groups in total. The van der Waals surface area contributed by atoms with Crippen molar-refractivity contribution in [1.82, 2.24) is 10.3 Å². The normalized spacial score (nSPS) is 21.5. The second kappa shape index (κ2) is 9.34. The number of carbonyl (C=O) groups is 1. The van der Waals surface area contributed by atoms with Gasteiger partial charge in [-0.1, -0.05) is 18.5 Å². The van der Waals surface area contributed by atoms with Crippen LogP contribution in [0, 0.1) is 5.82 Å². The summed E-state index contributed by atoms with van der Waals surface area (Å²) < 4.78 is 61.0. The standard InChI is InChI=1S/C24H27ClF4N2O3/c1-22(2,3)34-21(33)30-12-16(24(27,28)29)20-9-14(23(4)10-15(32)11-23)8-19(31-20)13-5-6-18(26)17(25)7-13/h5-9,15-16,32H,10-12H2,1-4H3,(H,30,33). The number of hydrogen-bond acceptors (Lipinski definition) is 4. The van der Waals surface area contributed by atoms with Gasteiger partial charge in [-0.2, -0.15) is 13.2 Å². The fraction of sp³-hybridized carbons (Fsp3) is 0.500. The van der Waals surface area contributed by atoms with E-state index in [1.165, 1.54) is 18.2 Å². The number of ether oxygens (including phenoxy) is 1. The van der Waals surface area contributed by atoms with E-state index in [0.29, 0.717) is 24.0 Å². The van der Waals surface area contributed by atoms with Gasteiger partial charge in [0.25, 0.3) is 0 Å². The molecule has 1 amide bonds. The van der Waals surface area contributed by atoms with Gasteiger partial charge in [-0.15, -0.1) is 0 Å². The lowest BCUT2D eigenvalue weighted by molar-refractivity contribution is -0.150. The molecule has 0 bridgehead atoms. The van der Waals surface area contributed by atoms with Gasteiger partial charge in [-0.3, -0.25) is 4.98 Å². The Hall–Kier alpha value is -2.39. The fourth-order valence-electron chi connectivity index (χ4n) is 3.99. The maximum absolute atomic E-state index is 14.1. The van der Waals surface area contributed by atoms with Crippen LogP contribution in [0.3, 0.4) is 0 Å². The molecule has 1 atom stereocenters. The van der Waals surface area contributed by atoms with Crippen molar-refractivity contribution in [3.8, 4) is 11.3 Å². The molecule has 0 aliphatic heterocycles. The molecule has 3 rings (SSSR count). The predicted molar refractivity (Wildman–Crippen MR) is 120 cm³/mol. The van der Waals surface area contributed by atoms with Crippen LogP contribution in [0.25, 0.3) is 11.3 Å². The molecule has 0 spiro atoms. The number of aromatic nitrogens is 1. The molecule has 186 valence electrons. The van der Waals surface area contributed by atoms with Gasteiger partial charge < -0.3 is 15.2 Å². The second-order valence-corrected chi connectivity index (χ2v) is 10.3. The Kier molecular flexibility index (Phi) is 7.20. The average molecular weight is 503 g/mol. The van der Waals surface area contributed by atoms with E-state index in [0.717, 1.165) is 6.07 Å². The summed E-state index contributed by atoms with van der Waals surface area (Å²) in [6.07, 6.45) is -5.48. The average Bonchev–Trinajstić information content (AvgIpc) is 2.66. The highest BCUT2D eigenvalue weighted by molar-refractivity contribution is 6.31. The van der Waals surface area contributed by atoms with Crippen molar-refractivity contribution in [2.24, 2.45) is 0 Å². The number of alkyl carbamates (subject to hydrolysis) is 1. The van der Waals surface area contributed by atoms with Crippen LogP contribution in [0.5, 0.6) is 0 Å². The number of halogens is 5. The molecule has 1 unspecified atom stereocenters. The first-order valence-corrected chi connectivity index (χ1v) is 11.1. The lowest BCUT2D eigenvalue weighted by Crippen LogP contribution is -2.42. The van der Waals surface area contributed by atoms with Gasteiger partial charge in [0.15, 0.2) is 0 Å². The third kappa shape index (κ3) is 6.18. The first kappa shape index (κ1) is 26.2. The summed E-state index contributed by atoms with van der Waals surface area (Å²) in [6.45, 7) is 5.88. The third-order valence-electron chi connectivity index (χ3n) is 5.73. The summed E-state index contributed by atoms with van der Waals surface area (Å²) in [6, 6.07) is 6.79. The SMILES string of the molecule is CC(C)(C)OC(=O)NCC(c1cc(C2(C)CC(O)C2)cc(-c2ccc(F)c(Cl)c2)n1)C(F)(F)F. The summed E-state index contributed by atoms with van der Waals surface area (Å²) in [4.78, 5) is 16.2. The zero-order valence-corrected chi connectivity index (χ0v) is 20.0. The Labute approximate surface area is 200 Å². The Morgan fingerprint density at radius 3 is 2.44 bits per heavy atom. The Morgan fingerprint density at radius 2 is 1.91 bits per heavy atom. The number of benzene rings is 1. The Morgan fingerprint density at radius 1 is 1.26 bits per heavy atom. The molecule has 34 heavy (non-hydrogen) atoms. The Balaban J connectivity index is 2.03. The van der Waals surface area contributed by atoms with Crippen LogP contribution in [-0.4, -0.2) is 40.6 Å². The van der Waals surface area contributed by atoms with E-state index in [-0.39, 0.29) is 16.4 Å². The number of aliphatic hydroxyl groups excluding tert-OH is 1. The molecule has 0 radical (unpaired) electrons. The number of rotatable bonds is 5. The van der Waals surface area contributed by atoms with Crippen LogP contribution in [0.15, 0.2) is 30.3 Å². The highest BCUT2D eigenvalue weighted by Crippen LogP contribution is 2.45. The predicted octanol–water partition coefficient (Wildman–Crippen LogP) is 6.12. The van der Waals surface area contributed by atoms with Crippen LogP contribution < -0.4 is 5.32 Å². The monoisotopic (exact) mass is 502 g/mol. The number of nitrogens with one attached hydrogen (secondary N) is 1. The van der Waals surface area contributed by atoms with Crippen molar-refractivity contribution in [3.63, 3.8) is 0 Å². The van der Waals surface area contributed by atoms with E-state index in [4.69, 9.17) is 16.3 Å². The summed E-state index contributed by atoms with van der Waals surface area (Å²) >= 11 is 5.89. The van der Waals surface area contributed by atoms with Gasteiger partial charge in [-0.05, 0) is 74.9 Å². The van der Waals surface area contributed by atoms with Gasteiger partial charge >= 0.3 is 12.3 Å². The van der Waals surface area contributed by atoms with E-state index >= 15 is 0 Å². The first-order chi connectivity index (χ1) is 15.6. The number of nitrogens with zero attached hydrogens (tertiary/aromatic N) is 1. The van der Waals surface area contributed by atoms with Crippen molar-refractivity contribution in [3.05, 3.63) is 52.4 Å². The summed E-state index contributed by atoms with van der Waals surface area (Å²) in [5, 5.41) is 11.8. The van der Waals surface area contributed by atoms with Gasteiger partial charge in [0.2, 0.25) is 0 Å². The minimum Gasteiger partial charge on any atom is -0.444 e. The molecule has 0 saturated heterocycles. The van der Waals surface area contributed by atoms with E-state index in [1.807, 2.05) is 6.92 Å². The van der Waals surface area contributed by atoms with E-state index < -0.39 is 47.7 Å². The quantitative estimate of drug-likeness (QED) is 0.483. The lowest BCUT2D eigenvalue weighted by atomic mass is 9.64. The molecular weight excluding hydrogens is 476 g/mol. The van der Waals surface area contributed by atoms with Crippen molar-refractivity contribution < 1.29 is 32.2 Å². The van der Waals surface area contributed by atoms with E-state index in [9.17, 15) is 27.5 Å². The molecule has 2 aromatic rings. The minimum absolute atomic E-state index is 0.184. The van der Waals surface area contributed by atoms with Gasteiger partial charge in [0.05, 0.1) is 22.5 Å². The highest BCUT2D eigenvalue weighted by Gasteiger charge is 2.45. The fourth-order valence-corrected chi connectivity index (χ4v) is 4.17. The van der Waals surface area contributed by atoms with Crippen molar-refractivity contribution in [2.75, 3.05) is 6.54 Å². The molecule has 1 aliphatic carbocycles. The largest absolute Gasteiger partial charge is 0.444 e. The van der Waals surface area contributed by atoms with Gasteiger partial charge in [0.1, 0.15) is 17.3 Å². The maximum atomic E-state index is 14.1. The van der Waals surface area contributed by atoms with Crippen LogP contribution >= 0.6 is 11.6 Å². The van der Waals surface area contributed by atoms with E-state index in [1.54, 1.807) is 26.8 Å². The number of carbonyl (C=O) groups excluding carboxylic acids is 1. The summed E-state index contributed by atoms with van der Waals surface area (Å²) in [5.74, 6) is -2.78. The first-order valence-electron chi connectivity index (χ1n) is 10.8. The number of amides is 1. The third-order valence-corrected chi connectivity index (χ3v) is 6.02. The minimum atomic E-state index is -4.72. The van der Waals surface area contributed by atoms with Crippen molar-refractivity contribution >= 4 is 17.7 Å². The molecule has 1 aliphatic rings. The molecular formula is C24H27ClF4N2O3. The summed E-state index contributed by atoms with van der Waals surface area (Å²) in [5.41, 5.74) is -0.638. The van der Waals surface area contributed by atoms with Gasteiger partial charge in [0, 0.05) is 12.1 Å². The van der Waals surface area contributed by atoms with Crippen LogP contribution in [0.4, 0.5) is 22.4 Å². The molecule has 10 heteroatoms. The zero-order valence-electron chi connectivity index (χ0n) is 19.3. The van der Waals surface area contributed by atoms with E-state index in [2.05, 4.69) is 10.3 Å². The lowest BCUT2D eigenvalue weighted by Gasteiger charge is -2.43. The van der Waals surface area contributed by atoms with Crippen molar-refractivity contribution in [1.29, 1.82) is 0 Å². The molecule has 1 fully saturated rings. The molecule has 5 nitrogen and oxygen atoms in total. The number of aliphatic hydroxyl groups is 1. The van der Waals surface area contributed by atoms with Gasteiger partial charge in [-0.25, -0.2) is 9.18 Å². The topological polar surface area (TPSA) is 71.5 Å². The second-order valence-electron chi connectivity index (χ2n) is 9.89. The Bertz CT molecular complexity index is 1060. The van der Waals surface area contributed by atoms with Crippen LogP contribution in [-0.2, 0) is 10.2 Å². The smallest absolute Gasteiger partial charge is 0.407 e. The molecule has 1 saturated carbocycles. The number of pyridine rings is 1. The zero-order chi connectivity index (χ0) is 25.5. The molecule has 1 aromatic carbocycles. The molecule has 1 aromatic heterocycles.